The third-order valence-corrected chi connectivity index (χ3v) is 1.38. The molecular weight excluding hydrogens is 194 g/mol. The average molecular weight is 208 g/mol. The highest BCUT2D eigenvalue weighted by Gasteiger charge is 2.17. The molecule has 0 bridgehead atoms. The fraction of sp³-hybridized carbons (Fsp3) is 1.00. The molecule has 9 heavy (non-hydrogen) atoms. The third-order valence-electron chi connectivity index (χ3n) is 0.814. The molecule has 0 amide bonds. The van der Waals surface area contributed by atoms with E-state index in [1.165, 1.54) is 0 Å². The Morgan fingerprint density at radius 2 is 1.67 bits per heavy atom. The second kappa shape index (κ2) is 5.84. The molecule has 0 aliphatic carbocycles. The minimum absolute atomic E-state index is 0. The van der Waals surface area contributed by atoms with Gasteiger partial charge in [0.15, 0.2) is 3.79 Å². The van der Waals surface area contributed by atoms with E-state index in [1.807, 2.05) is 0 Å². The first-order valence-corrected chi connectivity index (χ1v) is 3.76. The van der Waals surface area contributed by atoms with Crippen LogP contribution in [0.2, 0.25) is 0 Å². The van der Waals surface area contributed by atoms with Crippen LogP contribution >= 0.6 is 34.8 Å². The lowest BCUT2D eigenvalue weighted by atomic mass is 10.3. The Morgan fingerprint density at radius 1 is 1.22 bits per heavy atom. The van der Waals surface area contributed by atoms with Gasteiger partial charge in [-0.1, -0.05) is 48.1 Å². The Labute approximate surface area is 75.9 Å². The molecule has 58 valence electrons. The lowest BCUT2D eigenvalue weighted by Gasteiger charge is -2.07. The molecule has 0 radical (unpaired) electrons. The second-order valence-corrected chi connectivity index (χ2v) is 4.23. The molecule has 0 atom stereocenters. The van der Waals surface area contributed by atoms with Crippen molar-refractivity contribution in [1.82, 2.24) is 0 Å². The summed E-state index contributed by atoms with van der Waals surface area (Å²) in [6, 6.07) is 0. The molecule has 0 heterocycles. The molecule has 0 N–H and O–H groups in total. The van der Waals surface area contributed by atoms with Gasteiger partial charge >= 0.3 is 0 Å². The van der Waals surface area contributed by atoms with Gasteiger partial charge < -0.3 is 0 Å². The van der Waals surface area contributed by atoms with Crippen LogP contribution in [0.25, 0.3) is 0 Å². The number of hydrogen-bond acceptors (Lipinski definition) is 0. The monoisotopic (exact) mass is 206 g/mol. The maximum atomic E-state index is 5.44. The van der Waals surface area contributed by atoms with Crippen LogP contribution in [0.5, 0.6) is 0 Å². The van der Waals surface area contributed by atoms with Gasteiger partial charge in [-0.3, -0.25) is 0 Å². The van der Waals surface area contributed by atoms with Crippen molar-refractivity contribution in [3.63, 3.8) is 0 Å². The van der Waals surface area contributed by atoms with Crippen LogP contribution in [-0.2, 0) is 0 Å². The molecular formula is C5H13Cl3Si. The first-order valence-electron chi connectivity index (χ1n) is 2.63. The molecule has 0 aromatic rings. The highest BCUT2D eigenvalue weighted by Crippen LogP contribution is 2.31. The maximum absolute atomic E-state index is 5.44. The van der Waals surface area contributed by atoms with Crippen LogP contribution in [0.4, 0.5) is 0 Å². The average Bonchev–Trinajstić information content (AvgIpc) is 1.59. The van der Waals surface area contributed by atoms with Crippen molar-refractivity contribution in [3.05, 3.63) is 0 Å². The third kappa shape index (κ3) is 12.3. The van der Waals surface area contributed by atoms with E-state index in [1.54, 1.807) is 0 Å². The quantitative estimate of drug-likeness (QED) is 0.481. The van der Waals surface area contributed by atoms with Gasteiger partial charge in [-0.25, -0.2) is 0 Å². The van der Waals surface area contributed by atoms with E-state index >= 15 is 0 Å². The Bertz CT molecular complexity index is 59.7. The van der Waals surface area contributed by atoms with Gasteiger partial charge in [0, 0.05) is 0 Å². The van der Waals surface area contributed by atoms with Gasteiger partial charge in [0.25, 0.3) is 0 Å². The summed E-state index contributed by atoms with van der Waals surface area (Å²) in [6.45, 7) is 2.07. The summed E-state index contributed by atoms with van der Waals surface area (Å²) in [7, 11) is 0. The summed E-state index contributed by atoms with van der Waals surface area (Å²) in [5, 5.41) is 0. The number of alkyl halides is 3. The van der Waals surface area contributed by atoms with Crippen LogP contribution in [0, 0.1) is 0 Å². The van der Waals surface area contributed by atoms with E-state index in [0.29, 0.717) is 6.42 Å². The fourth-order valence-corrected chi connectivity index (χ4v) is 0.778. The van der Waals surface area contributed by atoms with Crippen LogP contribution < -0.4 is 0 Å². The minimum Gasteiger partial charge on any atom is -0.0837 e. The predicted octanol–water partition coefficient (Wildman–Crippen LogP) is 2.10. The van der Waals surface area contributed by atoms with Crippen molar-refractivity contribution in [3.8, 4) is 0 Å². The second-order valence-electron chi connectivity index (χ2n) is 1.72. The topological polar surface area (TPSA) is 0 Å². The predicted molar refractivity (Wildman–Crippen MR) is 51.1 cm³/mol. The van der Waals surface area contributed by atoms with Crippen LogP contribution in [0.3, 0.4) is 0 Å². The molecule has 0 aromatic heterocycles. The largest absolute Gasteiger partial charge is 0.190 e. The number of hydrogen-bond donors (Lipinski definition) is 0. The number of rotatable bonds is 2. The first kappa shape index (κ1) is 12.7. The zero-order chi connectivity index (χ0) is 6.62. The van der Waals surface area contributed by atoms with E-state index < -0.39 is 3.79 Å². The zero-order valence-electron chi connectivity index (χ0n) is 4.76. The SMILES string of the molecule is CCCCC(Cl)(Cl)Cl.[SiH4]. The minimum atomic E-state index is -1.03. The number of unbranched alkanes of at least 4 members (excludes halogenated alkanes) is 1. The molecule has 0 spiro atoms. The van der Waals surface area contributed by atoms with Gasteiger partial charge in [-0.2, -0.15) is 0 Å². The molecule has 0 nitrogen and oxygen atoms in total. The zero-order valence-corrected chi connectivity index (χ0v) is 7.02. The highest BCUT2D eigenvalue weighted by atomic mass is 35.6. The van der Waals surface area contributed by atoms with Crippen LogP contribution in [0.1, 0.15) is 26.2 Å². The Kier molecular flexibility index (Phi) is 8.27. The van der Waals surface area contributed by atoms with Gasteiger partial charge in [-0.05, 0) is 23.8 Å². The van der Waals surface area contributed by atoms with Crippen LogP contribution in [0.15, 0.2) is 0 Å². The summed E-state index contributed by atoms with van der Waals surface area (Å²) in [4.78, 5) is 0. The molecule has 0 rings (SSSR count). The van der Waals surface area contributed by atoms with Crippen molar-refractivity contribution < 1.29 is 0 Å². The first-order chi connectivity index (χ1) is 3.56. The highest BCUT2D eigenvalue weighted by molar-refractivity contribution is 6.67. The van der Waals surface area contributed by atoms with Crippen LogP contribution in [-0.4, -0.2) is 14.8 Å². The summed E-state index contributed by atoms with van der Waals surface area (Å²) >= 11 is 16.3. The molecule has 4 heteroatoms. The molecule has 0 aliphatic rings. The summed E-state index contributed by atoms with van der Waals surface area (Å²) in [6.07, 6.45) is 2.72. The van der Waals surface area contributed by atoms with E-state index in [4.69, 9.17) is 34.8 Å². The van der Waals surface area contributed by atoms with E-state index in [0.717, 1.165) is 12.8 Å². The van der Waals surface area contributed by atoms with Crippen molar-refractivity contribution in [2.45, 2.75) is 30.0 Å². The van der Waals surface area contributed by atoms with Gasteiger partial charge in [0.2, 0.25) is 0 Å². The van der Waals surface area contributed by atoms with Gasteiger partial charge in [0.1, 0.15) is 0 Å². The van der Waals surface area contributed by atoms with Crippen molar-refractivity contribution in [2.75, 3.05) is 0 Å². The molecule has 0 aromatic carbocycles. The van der Waals surface area contributed by atoms with Gasteiger partial charge in [-0.15, -0.1) is 0 Å². The lowest BCUT2D eigenvalue weighted by Crippen LogP contribution is -1.99. The summed E-state index contributed by atoms with van der Waals surface area (Å²) in [5.74, 6) is 0. The van der Waals surface area contributed by atoms with Crippen molar-refractivity contribution in [2.24, 2.45) is 0 Å². The van der Waals surface area contributed by atoms with E-state index in [9.17, 15) is 0 Å². The molecule has 0 aliphatic heterocycles. The summed E-state index contributed by atoms with van der Waals surface area (Å²) in [5.41, 5.74) is 0. The normalized spacial score (nSPS) is 10.7. The van der Waals surface area contributed by atoms with Gasteiger partial charge in [0.05, 0.1) is 0 Å². The van der Waals surface area contributed by atoms with E-state index in [2.05, 4.69) is 6.92 Å². The van der Waals surface area contributed by atoms with Crippen molar-refractivity contribution in [1.29, 1.82) is 0 Å². The summed E-state index contributed by atoms with van der Waals surface area (Å²) < 4.78 is -1.03. The maximum Gasteiger partial charge on any atom is 0.190 e. The fourth-order valence-electron chi connectivity index (χ4n) is 0.377. The number of halogens is 3. The Morgan fingerprint density at radius 3 is 1.78 bits per heavy atom. The molecule has 0 saturated heterocycles. The molecule has 0 fully saturated rings. The molecule has 0 unspecified atom stereocenters. The lowest BCUT2D eigenvalue weighted by molar-refractivity contribution is 0.733. The molecule has 0 saturated carbocycles. The Balaban J connectivity index is 0. The van der Waals surface area contributed by atoms with E-state index in [-0.39, 0.29) is 11.0 Å². The van der Waals surface area contributed by atoms with Crippen molar-refractivity contribution >= 4 is 45.8 Å². The Hall–Kier alpha value is 1.09. The smallest absolute Gasteiger partial charge is 0.0837 e. The standard InChI is InChI=1S/C5H9Cl3.H4Si/c1-2-3-4-5(6,7)8;/h2-4H2,1H3;1H4.